The van der Waals surface area contributed by atoms with Crippen molar-refractivity contribution in [2.75, 3.05) is 7.11 Å². The van der Waals surface area contributed by atoms with Crippen molar-refractivity contribution in [3.05, 3.63) is 0 Å². The maximum atomic E-state index is 10.7. The van der Waals surface area contributed by atoms with Gasteiger partial charge in [0, 0.05) is 0 Å². The number of alkyl halides is 3. The predicted octanol–water partition coefficient (Wildman–Crippen LogP) is 1.76. The Morgan fingerprint density at radius 3 is 1.67 bits per heavy atom. The van der Waals surface area contributed by atoms with E-state index in [-0.39, 0.29) is 0 Å². The Kier molecular flexibility index (Phi) is 3.64. The molecule has 7 heteroatoms. The van der Waals surface area contributed by atoms with Crippen molar-refractivity contribution in [1.82, 2.24) is 0 Å². The van der Waals surface area contributed by atoms with Gasteiger partial charge in [-0.15, -0.1) is 0 Å². The van der Waals surface area contributed by atoms with E-state index in [4.69, 9.17) is 0 Å². The molecule has 0 atom stereocenters. The maximum Gasteiger partial charge on any atom is 0.303 e. The molecule has 9 heavy (non-hydrogen) atoms. The van der Waals surface area contributed by atoms with Crippen LogP contribution >= 0.6 is 47.8 Å². The average Bonchev–Trinajstić information content (AvgIpc) is 1.64. The lowest BCUT2D eigenvalue weighted by atomic mass is 11.8. The molecule has 0 spiro atoms. The van der Waals surface area contributed by atoms with Gasteiger partial charge in [0.2, 0.25) is 0 Å². The van der Waals surface area contributed by atoms with Crippen molar-refractivity contribution in [2.45, 2.75) is 1.47 Å². The Morgan fingerprint density at radius 1 is 1.33 bits per heavy atom. The second-order valence-electron chi connectivity index (χ2n) is 1.07. The SMILES string of the molecule is COS(=O)(=O)C(Br)(Br)Br. The zero-order chi connectivity index (χ0) is 7.71. The highest BCUT2D eigenvalue weighted by Crippen LogP contribution is 2.39. The summed E-state index contributed by atoms with van der Waals surface area (Å²) in [6.07, 6.45) is 0. The lowest BCUT2D eigenvalue weighted by Gasteiger charge is -2.09. The van der Waals surface area contributed by atoms with Gasteiger partial charge in [0.05, 0.1) is 7.11 Å². The quantitative estimate of drug-likeness (QED) is 0.537. The summed E-state index contributed by atoms with van der Waals surface area (Å²) in [5.74, 6) is 0. The van der Waals surface area contributed by atoms with Gasteiger partial charge in [-0.2, -0.15) is 8.42 Å². The molecule has 3 nitrogen and oxygen atoms in total. The van der Waals surface area contributed by atoms with E-state index in [2.05, 4.69) is 52.0 Å². The van der Waals surface area contributed by atoms with E-state index < -0.39 is 11.6 Å². The van der Waals surface area contributed by atoms with Gasteiger partial charge in [0.15, 0.2) is 0 Å². The first-order chi connectivity index (χ1) is 3.81. The van der Waals surface area contributed by atoms with Crippen LogP contribution in [0.15, 0.2) is 0 Å². The van der Waals surface area contributed by atoms with Crippen LogP contribution in [0.25, 0.3) is 0 Å². The highest BCUT2D eigenvalue weighted by atomic mass is 80.0. The highest BCUT2D eigenvalue weighted by molar-refractivity contribution is 9.42. The molecule has 0 aliphatic rings. The molecule has 0 aromatic carbocycles. The largest absolute Gasteiger partial charge is 0.303 e. The van der Waals surface area contributed by atoms with Gasteiger partial charge in [-0.1, -0.05) is 0 Å². The lowest BCUT2D eigenvalue weighted by Crippen LogP contribution is -2.18. The second kappa shape index (κ2) is 3.17. The third kappa shape index (κ3) is 2.83. The Hall–Kier alpha value is 1.35. The Bertz CT molecular complexity index is 178. The Morgan fingerprint density at radius 2 is 1.67 bits per heavy atom. The maximum absolute atomic E-state index is 10.7. The summed E-state index contributed by atoms with van der Waals surface area (Å²) in [5, 5.41) is 0. The smallest absolute Gasteiger partial charge is 0.271 e. The summed E-state index contributed by atoms with van der Waals surface area (Å²) in [6, 6.07) is 0. The molecule has 0 aromatic heterocycles. The molecular formula is C2H3Br3O3S. The van der Waals surface area contributed by atoms with E-state index >= 15 is 0 Å². The second-order valence-corrected chi connectivity index (χ2v) is 11.3. The van der Waals surface area contributed by atoms with Crippen LogP contribution in [0.1, 0.15) is 0 Å². The van der Waals surface area contributed by atoms with Gasteiger partial charge < -0.3 is 0 Å². The van der Waals surface area contributed by atoms with Crippen molar-refractivity contribution < 1.29 is 12.6 Å². The molecule has 0 N–H and O–H groups in total. The van der Waals surface area contributed by atoms with Crippen LogP contribution < -0.4 is 0 Å². The molecule has 0 saturated heterocycles. The molecule has 0 unspecified atom stereocenters. The molecule has 0 amide bonds. The molecule has 0 rings (SSSR count). The fraction of sp³-hybridized carbons (Fsp3) is 1.00. The average molecular weight is 347 g/mol. The fourth-order valence-corrected chi connectivity index (χ4v) is 1.47. The van der Waals surface area contributed by atoms with Crippen LogP contribution in [0, 0.1) is 0 Å². The Balaban J connectivity index is 4.57. The third-order valence-electron chi connectivity index (χ3n) is 0.503. The molecule has 0 saturated carbocycles. The van der Waals surface area contributed by atoms with E-state index in [1.165, 1.54) is 0 Å². The molecule has 0 aromatic rings. The third-order valence-corrected chi connectivity index (χ3v) is 5.08. The summed E-state index contributed by atoms with van der Waals surface area (Å²) in [5.41, 5.74) is 0. The van der Waals surface area contributed by atoms with Crippen LogP contribution in [-0.2, 0) is 14.3 Å². The topological polar surface area (TPSA) is 43.4 Å². The molecule has 56 valence electrons. The zero-order valence-corrected chi connectivity index (χ0v) is 9.84. The van der Waals surface area contributed by atoms with Gasteiger partial charge >= 0.3 is 10.1 Å². The standard InChI is InChI=1S/C2H3Br3O3S/c1-8-9(6,7)2(3,4)5/h1H3. The van der Waals surface area contributed by atoms with Gasteiger partial charge in [-0.25, -0.2) is 0 Å². The molecule has 0 bridgehead atoms. The van der Waals surface area contributed by atoms with Gasteiger partial charge in [-0.3, -0.25) is 4.18 Å². The monoisotopic (exact) mass is 344 g/mol. The summed E-state index contributed by atoms with van der Waals surface area (Å²) >= 11 is 8.34. The number of hydrogen-bond donors (Lipinski definition) is 0. The van der Waals surface area contributed by atoms with Gasteiger partial charge in [0.1, 0.15) is 0 Å². The van der Waals surface area contributed by atoms with Crippen LogP contribution in [0.2, 0.25) is 0 Å². The number of halogens is 3. The molecule has 0 heterocycles. The van der Waals surface area contributed by atoms with Crippen molar-refractivity contribution in [2.24, 2.45) is 0 Å². The lowest BCUT2D eigenvalue weighted by molar-refractivity contribution is 0.400. The zero-order valence-electron chi connectivity index (χ0n) is 4.27. The minimum absolute atomic E-state index is 1.08. The van der Waals surface area contributed by atoms with E-state index in [0.717, 1.165) is 7.11 Å². The fourth-order valence-electron chi connectivity index (χ4n) is 0.0945. The molecule has 0 aliphatic carbocycles. The highest BCUT2D eigenvalue weighted by Gasteiger charge is 2.35. The van der Waals surface area contributed by atoms with E-state index in [1.807, 2.05) is 0 Å². The summed E-state index contributed by atoms with van der Waals surface area (Å²) in [6.45, 7) is 0. The number of rotatable bonds is 1. The molecule has 0 radical (unpaired) electrons. The van der Waals surface area contributed by atoms with Gasteiger partial charge in [-0.05, 0) is 47.8 Å². The summed E-state index contributed by atoms with van der Waals surface area (Å²) < 4.78 is 24.1. The predicted molar refractivity (Wildman–Crippen MR) is 45.4 cm³/mol. The number of hydrogen-bond acceptors (Lipinski definition) is 3. The normalized spacial score (nSPS) is 13.8. The van der Waals surface area contributed by atoms with Crippen LogP contribution in [0.5, 0.6) is 0 Å². The molecule has 0 fully saturated rings. The van der Waals surface area contributed by atoms with E-state index in [1.54, 1.807) is 0 Å². The van der Waals surface area contributed by atoms with Gasteiger partial charge in [0.25, 0.3) is 1.47 Å². The van der Waals surface area contributed by atoms with Crippen LogP contribution in [0.4, 0.5) is 0 Å². The first-order valence-corrected chi connectivity index (χ1v) is 5.47. The first kappa shape index (κ1) is 10.3. The molecular weight excluding hydrogens is 344 g/mol. The van der Waals surface area contributed by atoms with Crippen LogP contribution in [0.3, 0.4) is 0 Å². The van der Waals surface area contributed by atoms with Crippen molar-refractivity contribution in [1.29, 1.82) is 0 Å². The van der Waals surface area contributed by atoms with Crippen molar-refractivity contribution in [3.63, 3.8) is 0 Å². The van der Waals surface area contributed by atoms with Crippen molar-refractivity contribution >= 4 is 57.9 Å². The van der Waals surface area contributed by atoms with Crippen molar-refractivity contribution in [3.8, 4) is 0 Å². The summed E-state index contributed by atoms with van der Waals surface area (Å²) in [4.78, 5) is 0. The minimum Gasteiger partial charge on any atom is -0.271 e. The first-order valence-electron chi connectivity index (χ1n) is 1.68. The molecule has 0 aliphatic heterocycles. The summed E-state index contributed by atoms with van der Waals surface area (Å²) in [7, 11) is -2.51. The van der Waals surface area contributed by atoms with E-state index in [0.29, 0.717) is 0 Å². The van der Waals surface area contributed by atoms with E-state index in [9.17, 15) is 8.42 Å². The minimum atomic E-state index is -3.59. The van der Waals surface area contributed by atoms with Crippen LogP contribution in [-0.4, -0.2) is 17.0 Å². The Labute approximate surface area is 78.7 Å².